The summed E-state index contributed by atoms with van der Waals surface area (Å²) in [6.45, 7) is 11.4. The molecule has 0 bridgehead atoms. The van der Waals surface area contributed by atoms with E-state index in [9.17, 15) is 0 Å². The van der Waals surface area contributed by atoms with Crippen molar-refractivity contribution in [3.63, 3.8) is 0 Å². The van der Waals surface area contributed by atoms with E-state index in [1.807, 2.05) is 12.1 Å². The van der Waals surface area contributed by atoms with Gasteiger partial charge in [-0.2, -0.15) is 41.8 Å². The molecular weight excluding hydrogens is 221 g/mol. The van der Waals surface area contributed by atoms with Gasteiger partial charge in [-0.1, -0.05) is 20.8 Å². The summed E-state index contributed by atoms with van der Waals surface area (Å²) in [5, 5.41) is 0. The van der Waals surface area contributed by atoms with Crippen LogP contribution in [0.1, 0.15) is 23.6 Å². The molecule has 1 aromatic carbocycles. The van der Waals surface area contributed by atoms with Gasteiger partial charge in [0, 0.05) is 32.7 Å². The van der Waals surface area contributed by atoms with Crippen molar-refractivity contribution in [2.45, 2.75) is 27.7 Å². The molecule has 1 radical (unpaired) electrons. The molecule has 0 unspecified atom stereocenters. The average Bonchev–Trinajstić information content (AvgIpc) is 2.04. The standard InChI is InChI=1S/C9H11.C2H5.Y/c1-7-5-4-6-8(2)9(7)3;1-2;/h5-6H,1-3H3;1H2,2H3;/q2*-1;. The molecule has 0 saturated heterocycles. The van der Waals surface area contributed by atoms with Gasteiger partial charge in [0.1, 0.15) is 0 Å². The predicted octanol–water partition coefficient (Wildman–Crippen LogP) is 3.25. The Morgan fingerprint density at radius 3 is 1.58 bits per heavy atom. The Morgan fingerprint density at radius 2 is 1.33 bits per heavy atom. The SMILES string of the molecule is Cc1c[c-]cc(C)c1C.[CH2-]C.[Y]. The average molecular weight is 237 g/mol. The normalized spacial score (nSPS) is 7.75. The van der Waals surface area contributed by atoms with E-state index in [2.05, 4.69) is 33.8 Å². The van der Waals surface area contributed by atoms with Gasteiger partial charge in [0.2, 0.25) is 0 Å². The van der Waals surface area contributed by atoms with Crippen LogP contribution >= 0.6 is 0 Å². The van der Waals surface area contributed by atoms with Crippen molar-refractivity contribution in [2.75, 3.05) is 0 Å². The molecule has 1 heteroatoms. The van der Waals surface area contributed by atoms with Gasteiger partial charge >= 0.3 is 0 Å². The number of aryl methyl sites for hydroxylation is 2. The quantitative estimate of drug-likeness (QED) is 0.607. The smallest absolute Gasteiger partial charge is 0 e. The maximum absolute atomic E-state index is 3.25. The summed E-state index contributed by atoms with van der Waals surface area (Å²) in [6.07, 6.45) is 0. The van der Waals surface area contributed by atoms with Crippen molar-refractivity contribution in [3.8, 4) is 0 Å². The molecular formula is C11H16Y-2. The fourth-order valence-electron chi connectivity index (χ4n) is 0.819. The van der Waals surface area contributed by atoms with Crippen LogP contribution in [0.25, 0.3) is 0 Å². The molecule has 0 spiro atoms. The van der Waals surface area contributed by atoms with E-state index in [0.717, 1.165) is 0 Å². The Labute approximate surface area is 102 Å². The second kappa shape index (κ2) is 7.95. The van der Waals surface area contributed by atoms with E-state index in [1.165, 1.54) is 16.7 Å². The van der Waals surface area contributed by atoms with E-state index in [4.69, 9.17) is 0 Å². The Kier molecular flexibility index (Phi) is 9.82. The molecule has 0 fully saturated rings. The van der Waals surface area contributed by atoms with Crippen LogP contribution in [0.3, 0.4) is 0 Å². The van der Waals surface area contributed by atoms with Crippen molar-refractivity contribution in [3.05, 3.63) is 41.8 Å². The molecule has 1 aromatic rings. The summed E-state index contributed by atoms with van der Waals surface area (Å²) in [5.74, 6) is 0. The number of benzene rings is 1. The van der Waals surface area contributed by atoms with Gasteiger partial charge in [-0.25, -0.2) is 0 Å². The molecule has 0 saturated carbocycles. The van der Waals surface area contributed by atoms with Gasteiger partial charge in [-0.3, -0.25) is 0 Å². The molecule has 0 aliphatic carbocycles. The van der Waals surface area contributed by atoms with E-state index >= 15 is 0 Å². The largest absolute Gasteiger partial charge is 0.346 e. The van der Waals surface area contributed by atoms with Crippen LogP contribution in [0, 0.1) is 33.8 Å². The minimum absolute atomic E-state index is 0. The molecule has 65 valence electrons. The van der Waals surface area contributed by atoms with Gasteiger partial charge in [0.25, 0.3) is 0 Å². The molecule has 0 N–H and O–H groups in total. The number of rotatable bonds is 0. The summed E-state index contributed by atoms with van der Waals surface area (Å²) in [5.41, 5.74) is 4.04. The summed E-state index contributed by atoms with van der Waals surface area (Å²) in [6, 6.07) is 7.10. The maximum Gasteiger partial charge on any atom is 0 e. The van der Waals surface area contributed by atoms with Crippen LogP contribution in [0.15, 0.2) is 12.1 Å². The zero-order valence-electron chi connectivity index (χ0n) is 8.44. The molecule has 1 rings (SSSR count). The maximum atomic E-state index is 3.25. The second-order valence-electron chi connectivity index (χ2n) is 2.45. The van der Waals surface area contributed by atoms with Crippen LogP contribution in [0.2, 0.25) is 0 Å². The number of hydrogen-bond acceptors (Lipinski definition) is 0. The minimum Gasteiger partial charge on any atom is -0.346 e. The van der Waals surface area contributed by atoms with Gasteiger partial charge < -0.3 is 6.92 Å². The first-order valence-electron chi connectivity index (χ1n) is 3.86. The Morgan fingerprint density at radius 1 is 1.00 bits per heavy atom. The van der Waals surface area contributed by atoms with Crippen molar-refractivity contribution in [1.29, 1.82) is 0 Å². The zero-order valence-corrected chi connectivity index (χ0v) is 11.3. The molecule has 0 nitrogen and oxygen atoms in total. The first-order chi connectivity index (χ1) is 5.22. The van der Waals surface area contributed by atoms with Crippen molar-refractivity contribution < 1.29 is 32.7 Å². The van der Waals surface area contributed by atoms with Gasteiger partial charge in [0.15, 0.2) is 0 Å². The fraction of sp³-hybridized carbons (Fsp3) is 0.364. The minimum atomic E-state index is 0. The first-order valence-corrected chi connectivity index (χ1v) is 3.86. The van der Waals surface area contributed by atoms with Crippen molar-refractivity contribution in [1.82, 2.24) is 0 Å². The third-order valence-electron chi connectivity index (χ3n) is 1.78. The first kappa shape index (κ1) is 14.8. The molecule has 0 aromatic heterocycles. The van der Waals surface area contributed by atoms with Crippen molar-refractivity contribution in [2.24, 2.45) is 0 Å². The third kappa shape index (κ3) is 4.37. The van der Waals surface area contributed by atoms with Gasteiger partial charge in [-0.05, 0) is 0 Å². The Hall–Kier alpha value is 0.324. The van der Waals surface area contributed by atoms with E-state index in [0.29, 0.717) is 0 Å². The summed E-state index contributed by atoms with van der Waals surface area (Å²) < 4.78 is 0. The van der Waals surface area contributed by atoms with Gasteiger partial charge in [0.05, 0.1) is 0 Å². The molecule has 0 aliphatic rings. The third-order valence-corrected chi connectivity index (χ3v) is 1.78. The van der Waals surface area contributed by atoms with Crippen LogP contribution < -0.4 is 0 Å². The van der Waals surface area contributed by atoms with Crippen LogP contribution in [-0.2, 0) is 32.7 Å². The number of hydrogen-bond donors (Lipinski definition) is 0. The zero-order chi connectivity index (χ0) is 8.85. The van der Waals surface area contributed by atoms with Gasteiger partial charge in [-0.15, -0.1) is 0 Å². The Bertz CT molecular complexity index is 196. The van der Waals surface area contributed by atoms with E-state index in [1.54, 1.807) is 6.92 Å². The monoisotopic (exact) mass is 237 g/mol. The van der Waals surface area contributed by atoms with E-state index in [-0.39, 0.29) is 32.7 Å². The fourth-order valence-corrected chi connectivity index (χ4v) is 0.819. The summed E-state index contributed by atoms with van der Waals surface area (Å²) >= 11 is 0. The molecule has 0 aliphatic heterocycles. The topological polar surface area (TPSA) is 0 Å². The summed E-state index contributed by atoms with van der Waals surface area (Å²) in [4.78, 5) is 0. The predicted molar refractivity (Wildman–Crippen MR) is 50.5 cm³/mol. The second-order valence-corrected chi connectivity index (χ2v) is 2.45. The van der Waals surface area contributed by atoms with Crippen LogP contribution in [0.5, 0.6) is 0 Å². The Balaban J connectivity index is 0. The molecule has 12 heavy (non-hydrogen) atoms. The van der Waals surface area contributed by atoms with Crippen LogP contribution in [0.4, 0.5) is 0 Å². The molecule has 0 atom stereocenters. The van der Waals surface area contributed by atoms with Crippen LogP contribution in [-0.4, -0.2) is 0 Å². The molecule has 0 amide bonds. The van der Waals surface area contributed by atoms with E-state index < -0.39 is 0 Å². The molecule has 0 heterocycles. The summed E-state index contributed by atoms with van der Waals surface area (Å²) in [7, 11) is 0. The van der Waals surface area contributed by atoms with Crippen molar-refractivity contribution >= 4 is 0 Å².